The summed E-state index contributed by atoms with van der Waals surface area (Å²) in [5, 5.41) is 0. The van der Waals surface area contributed by atoms with Crippen LogP contribution in [0.1, 0.15) is 213 Å². The van der Waals surface area contributed by atoms with Crippen molar-refractivity contribution in [2.24, 2.45) is 0 Å². The van der Waals surface area contributed by atoms with Crippen molar-refractivity contribution in [1.82, 2.24) is 0 Å². The summed E-state index contributed by atoms with van der Waals surface area (Å²) in [5.74, 6) is -1.06. The first-order chi connectivity index (χ1) is 30.5. The van der Waals surface area contributed by atoms with Gasteiger partial charge in [-0.15, -0.1) is 0 Å². The van der Waals surface area contributed by atoms with Crippen LogP contribution in [0.2, 0.25) is 0 Å². The Kier molecular flexibility index (Phi) is 43.3. The summed E-state index contributed by atoms with van der Waals surface area (Å²) in [5.41, 5.74) is 0. The molecule has 1 N–H and O–H groups in total. The van der Waals surface area contributed by atoms with Gasteiger partial charge in [0.15, 0.2) is 6.10 Å². The number of nitrogens with zero attached hydrogens (tertiary/aromatic N) is 1. The highest BCUT2D eigenvalue weighted by Crippen LogP contribution is 2.43. The number of likely N-dealkylation sites (N-methyl/N-ethyl adjacent to an activating group) is 1. The maximum Gasteiger partial charge on any atom is 0.472 e. The van der Waals surface area contributed by atoms with E-state index in [2.05, 4.69) is 50.3 Å². The Labute approximate surface area is 387 Å². The molecule has 0 saturated carbocycles. The average Bonchev–Trinajstić information content (AvgIpc) is 3.24. The molecule has 0 radical (unpaired) electrons. The number of phosphoric acid groups is 1. The van der Waals surface area contributed by atoms with Crippen molar-refractivity contribution in [1.29, 1.82) is 0 Å². The lowest BCUT2D eigenvalue weighted by Gasteiger charge is -2.24. The summed E-state index contributed by atoms with van der Waals surface area (Å²) in [7, 11) is 1.40. The number of unbranched alkanes of at least 4 members (excludes halogenated alkanes) is 24. The second-order valence-electron chi connectivity index (χ2n) is 18.2. The van der Waals surface area contributed by atoms with E-state index in [-0.39, 0.29) is 26.1 Å². The van der Waals surface area contributed by atoms with Gasteiger partial charge in [-0.05, 0) is 44.9 Å². The fraction of sp³-hybridized carbons (Fsp3) is 0.774. The summed E-state index contributed by atoms with van der Waals surface area (Å²) >= 11 is 0. The maximum atomic E-state index is 12.7. The third-order valence-electron chi connectivity index (χ3n) is 10.8. The lowest BCUT2D eigenvalue weighted by Crippen LogP contribution is -2.37. The minimum absolute atomic E-state index is 0.00700. The Morgan fingerprint density at radius 1 is 0.492 bits per heavy atom. The molecule has 0 aromatic carbocycles. The van der Waals surface area contributed by atoms with E-state index in [4.69, 9.17) is 18.5 Å². The first kappa shape index (κ1) is 60.7. The molecule has 366 valence electrons. The van der Waals surface area contributed by atoms with Gasteiger partial charge >= 0.3 is 19.8 Å². The van der Waals surface area contributed by atoms with Crippen LogP contribution in [-0.2, 0) is 32.7 Å². The van der Waals surface area contributed by atoms with Crippen LogP contribution in [0.15, 0.2) is 60.8 Å². The Morgan fingerprint density at radius 2 is 0.857 bits per heavy atom. The topological polar surface area (TPSA) is 108 Å². The maximum absolute atomic E-state index is 12.7. The van der Waals surface area contributed by atoms with Gasteiger partial charge in [0, 0.05) is 0 Å². The molecule has 0 aliphatic heterocycles. The molecule has 0 aromatic heterocycles. The van der Waals surface area contributed by atoms with Crippen molar-refractivity contribution in [2.75, 3.05) is 47.5 Å². The highest BCUT2D eigenvalue weighted by molar-refractivity contribution is 7.47. The summed E-state index contributed by atoms with van der Waals surface area (Å²) in [4.78, 5) is 35.4. The first-order valence-electron chi connectivity index (χ1n) is 25.5. The molecule has 0 aliphatic carbocycles. The van der Waals surface area contributed by atoms with E-state index >= 15 is 0 Å². The molecule has 0 saturated heterocycles. The molecule has 0 amide bonds. The molecule has 1 unspecified atom stereocenters. The van der Waals surface area contributed by atoms with Crippen LogP contribution in [0.4, 0.5) is 0 Å². The van der Waals surface area contributed by atoms with Gasteiger partial charge in [0.25, 0.3) is 0 Å². The van der Waals surface area contributed by atoms with E-state index < -0.39 is 32.5 Å². The smallest absolute Gasteiger partial charge is 0.461 e. The predicted molar refractivity (Wildman–Crippen MR) is 266 cm³/mol. The van der Waals surface area contributed by atoms with Crippen LogP contribution >= 0.6 is 7.82 Å². The molecule has 0 fully saturated rings. The number of phosphoric ester groups is 1. The third-order valence-corrected chi connectivity index (χ3v) is 11.8. The Balaban J connectivity index is 4.44. The van der Waals surface area contributed by atoms with Crippen molar-refractivity contribution in [3.05, 3.63) is 60.8 Å². The van der Waals surface area contributed by atoms with Gasteiger partial charge in [0.1, 0.15) is 19.8 Å². The SMILES string of the molecule is CCCCCCCCCCCCCC=CCC=CCC=CCC(=O)OC[C@H](COP(=O)(O)OCC[N+](C)(C)C)OC(=O)CC=CCC=CCCCCCCCCCCCCCCC. The number of allylic oxidation sites excluding steroid dienone is 8. The zero-order chi connectivity index (χ0) is 46.4. The van der Waals surface area contributed by atoms with Crippen LogP contribution < -0.4 is 0 Å². The highest BCUT2D eigenvalue weighted by atomic mass is 31.2. The Hall–Kier alpha value is -2.29. The van der Waals surface area contributed by atoms with E-state index in [1.165, 1.54) is 154 Å². The molecule has 0 aromatic rings. The normalized spacial score (nSPS) is 13.9. The highest BCUT2D eigenvalue weighted by Gasteiger charge is 2.26. The lowest BCUT2D eigenvalue weighted by molar-refractivity contribution is -0.870. The molecule has 9 nitrogen and oxygen atoms in total. The van der Waals surface area contributed by atoms with Gasteiger partial charge in [0.2, 0.25) is 0 Å². The number of carbonyl (C=O) groups excluding carboxylic acids is 2. The van der Waals surface area contributed by atoms with Gasteiger partial charge in [-0.1, -0.05) is 216 Å². The molecule has 0 bridgehead atoms. The van der Waals surface area contributed by atoms with Crippen molar-refractivity contribution in [3.63, 3.8) is 0 Å². The van der Waals surface area contributed by atoms with Crippen molar-refractivity contribution in [3.8, 4) is 0 Å². The van der Waals surface area contributed by atoms with Crippen LogP contribution in [-0.4, -0.2) is 74.9 Å². The molecular weight excluding hydrogens is 810 g/mol. The quantitative estimate of drug-likeness (QED) is 0.0212. The zero-order valence-corrected chi connectivity index (χ0v) is 42.2. The fourth-order valence-electron chi connectivity index (χ4n) is 6.85. The number of carbonyl (C=O) groups is 2. The lowest BCUT2D eigenvalue weighted by atomic mass is 10.0. The predicted octanol–water partition coefficient (Wildman–Crippen LogP) is 15.2. The standard InChI is InChI=1S/C53H96NO8P/c1-6-8-10-12-14-16-18-20-22-24-26-28-29-31-33-35-37-39-41-43-45-52(55)59-49-51(50-61-63(57,58)60-48-47-54(3,4)5)62-53(56)46-44-42-40-38-36-34-32-30-27-25-23-21-19-17-15-13-11-9-7-2/h29,31,35-38,41-44,51H,6-28,30,32-34,39-40,45-50H2,1-5H3/p+1/t51-/m1/s1. The third kappa shape index (κ3) is 49.0. The Morgan fingerprint density at radius 3 is 1.27 bits per heavy atom. The fourth-order valence-corrected chi connectivity index (χ4v) is 7.60. The van der Waals surface area contributed by atoms with Gasteiger partial charge in [-0.2, -0.15) is 0 Å². The number of ether oxygens (including phenoxy) is 2. The average molecular weight is 907 g/mol. The summed E-state index contributed by atoms with van der Waals surface area (Å²) in [6.07, 6.45) is 56.3. The number of quaternary nitrogens is 1. The van der Waals surface area contributed by atoms with Gasteiger partial charge in [0.05, 0.1) is 40.6 Å². The van der Waals surface area contributed by atoms with Gasteiger partial charge < -0.3 is 18.9 Å². The minimum Gasteiger partial charge on any atom is -0.461 e. The van der Waals surface area contributed by atoms with Crippen LogP contribution in [0.3, 0.4) is 0 Å². The summed E-state index contributed by atoms with van der Waals surface area (Å²) < 4.78 is 34.2. The van der Waals surface area contributed by atoms with E-state index in [0.717, 1.165) is 19.3 Å². The van der Waals surface area contributed by atoms with Crippen molar-refractivity contribution >= 4 is 19.8 Å². The number of hydrogen-bond acceptors (Lipinski definition) is 7. The monoisotopic (exact) mass is 907 g/mol. The van der Waals surface area contributed by atoms with E-state index in [1.54, 1.807) is 12.2 Å². The van der Waals surface area contributed by atoms with Crippen molar-refractivity contribution < 1.29 is 42.1 Å². The molecule has 63 heavy (non-hydrogen) atoms. The molecule has 0 heterocycles. The Bertz CT molecular complexity index is 1250. The summed E-state index contributed by atoms with van der Waals surface area (Å²) in [6, 6.07) is 0. The number of hydrogen-bond donors (Lipinski definition) is 1. The molecule has 10 heteroatoms. The summed E-state index contributed by atoms with van der Waals surface area (Å²) in [6.45, 7) is 4.26. The number of rotatable bonds is 46. The van der Waals surface area contributed by atoms with E-state index in [1.807, 2.05) is 33.3 Å². The molecule has 2 atom stereocenters. The van der Waals surface area contributed by atoms with E-state index in [0.29, 0.717) is 23.9 Å². The first-order valence-corrected chi connectivity index (χ1v) is 27.0. The number of esters is 2. The van der Waals surface area contributed by atoms with Gasteiger partial charge in [-0.3, -0.25) is 18.6 Å². The van der Waals surface area contributed by atoms with Crippen LogP contribution in [0, 0.1) is 0 Å². The second kappa shape index (κ2) is 44.9. The zero-order valence-electron chi connectivity index (χ0n) is 41.3. The molecule has 0 spiro atoms. The van der Waals surface area contributed by atoms with Crippen LogP contribution in [0.25, 0.3) is 0 Å². The van der Waals surface area contributed by atoms with Crippen LogP contribution in [0.5, 0.6) is 0 Å². The van der Waals surface area contributed by atoms with E-state index in [9.17, 15) is 19.0 Å². The minimum atomic E-state index is -4.42. The molecular formula is C53H97NO8P+. The molecule has 0 rings (SSSR count). The van der Waals surface area contributed by atoms with Gasteiger partial charge in [-0.25, -0.2) is 4.57 Å². The second-order valence-corrected chi connectivity index (χ2v) is 19.7. The molecule has 0 aliphatic rings. The largest absolute Gasteiger partial charge is 0.472 e. The van der Waals surface area contributed by atoms with Crippen molar-refractivity contribution in [2.45, 2.75) is 219 Å².